The van der Waals surface area contributed by atoms with Crippen LogP contribution in [-0.2, 0) is 14.4 Å². The van der Waals surface area contributed by atoms with E-state index < -0.39 is 11.9 Å². The number of carboxylic acids is 1. The number of carbonyl (C=O) groups is 3. The second kappa shape index (κ2) is 6.24. The van der Waals surface area contributed by atoms with Gasteiger partial charge < -0.3 is 14.9 Å². The molecule has 1 saturated heterocycles. The van der Waals surface area contributed by atoms with E-state index in [2.05, 4.69) is 0 Å². The number of rotatable bonds is 4. The maximum atomic E-state index is 12.2. The SMILES string of the molecule is CN(CC(=O)N1CCCC1)C(=O)[C@@H]1CC[C@H](C(=O)O)C1. The van der Waals surface area contributed by atoms with Crippen molar-refractivity contribution >= 4 is 17.8 Å². The molecule has 2 aliphatic rings. The lowest BCUT2D eigenvalue weighted by Crippen LogP contribution is -2.41. The molecule has 112 valence electrons. The molecule has 0 bridgehead atoms. The highest BCUT2D eigenvalue weighted by molar-refractivity contribution is 5.86. The average Bonchev–Trinajstić information content (AvgIpc) is 3.08. The monoisotopic (exact) mass is 282 g/mol. The molecule has 0 aromatic rings. The van der Waals surface area contributed by atoms with Crippen LogP contribution in [0.2, 0.25) is 0 Å². The summed E-state index contributed by atoms with van der Waals surface area (Å²) in [6, 6.07) is 0. The van der Waals surface area contributed by atoms with Gasteiger partial charge in [-0.1, -0.05) is 0 Å². The third-order valence-electron chi connectivity index (χ3n) is 4.34. The highest BCUT2D eigenvalue weighted by Crippen LogP contribution is 2.32. The van der Waals surface area contributed by atoms with Gasteiger partial charge in [0.25, 0.3) is 0 Å². The summed E-state index contributed by atoms with van der Waals surface area (Å²) in [5.41, 5.74) is 0. The lowest BCUT2D eigenvalue weighted by atomic mass is 10.0. The molecule has 1 saturated carbocycles. The number of hydrogen-bond donors (Lipinski definition) is 1. The highest BCUT2D eigenvalue weighted by atomic mass is 16.4. The molecule has 2 atom stereocenters. The van der Waals surface area contributed by atoms with Gasteiger partial charge in [-0.05, 0) is 32.1 Å². The third-order valence-corrected chi connectivity index (χ3v) is 4.34. The van der Waals surface area contributed by atoms with Crippen LogP contribution in [0.15, 0.2) is 0 Å². The average molecular weight is 282 g/mol. The number of carbonyl (C=O) groups excluding carboxylic acids is 2. The predicted molar refractivity (Wildman–Crippen MR) is 71.9 cm³/mol. The van der Waals surface area contributed by atoms with E-state index in [-0.39, 0.29) is 24.3 Å². The van der Waals surface area contributed by atoms with Crippen molar-refractivity contribution in [2.45, 2.75) is 32.1 Å². The van der Waals surface area contributed by atoms with E-state index in [1.165, 1.54) is 4.90 Å². The van der Waals surface area contributed by atoms with Crippen LogP contribution in [0, 0.1) is 11.8 Å². The normalized spacial score (nSPS) is 25.8. The van der Waals surface area contributed by atoms with Crippen molar-refractivity contribution in [3.8, 4) is 0 Å². The van der Waals surface area contributed by atoms with Gasteiger partial charge in [0.2, 0.25) is 11.8 Å². The van der Waals surface area contributed by atoms with Crippen molar-refractivity contribution < 1.29 is 19.5 Å². The van der Waals surface area contributed by atoms with Crippen LogP contribution < -0.4 is 0 Å². The molecule has 20 heavy (non-hydrogen) atoms. The van der Waals surface area contributed by atoms with E-state index in [1.807, 2.05) is 0 Å². The molecule has 0 radical (unpaired) electrons. The van der Waals surface area contributed by atoms with Crippen LogP contribution in [0.3, 0.4) is 0 Å². The fraction of sp³-hybridized carbons (Fsp3) is 0.786. The Hall–Kier alpha value is -1.59. The Labute approximate surface area is 118 Å². The second-order valence-corrected chi connectivity index (χ2v) is 5.83. The first-order valence-electron chi connectivity index (χ1n) is 7.24. The van der Waals surface area contributed by atoms with Crippen molar-refractivity contribution in [3.63, 3.8) is 0 Å². The van der Waals surface area contributed by atoms with Gasteiger partial charge in [0.1, 0.15) is 0 Å². The Morgan fingerprint density at radius 2 is 1.75 bits per heavy atom. The Morgan fingerprint density at radius 1 is 1.15 bits per heavy atom. The van der Waals surface area contributed by atoms with E-state index in [1.54, 1.807) is 11.9 Å². The van der Waals surface area contributed by atoms with Crippen molar-refractivity contribution in [2.75, 3.05) is 26.7 Å². The lowest BCUT2D eigenvalue weighted by molar-refractivity contribution is -0.143. The summed E-state index contributed by atoms with van der Waals surface area (Å²) in [5, 5.41) is 8.95. The van der Waals surface area contributed by atoms with E-state index >= 15 is 0 Å². The highest BCUT2D eigenvalue weighted by Gasteiger charge is 2.35. The third kappa shape index (κ3) is 3.29. The van der Waals surface area contributed by atoms with E-state index in [9.17, 15) is 14.4 Å². The molecule has 1 heterocycles. The number of amides is 2. The second-order valence-electron chi connectivity index (χ2n) is 5.83. The van der Waals surface area contributed by atoms with Gasteiger partial charge in [-0.3, -0.25) is 14.4 Å². The lowest BCUT2D eigenvalue weighted by Gasteiger charge is -2.23. The first-order chi connectivity index (χ1) is 9.49. The summed E-state index contributed by atoms with van der Waals surface area (Å²) in [4.78, 5) is 38.4. The quantitative estimate of drug-likeness (QED) is 0.817. The van der Waals surface area contributed by atoms with Gasteiger partial charge in [-0.2, -0.15) is 0 Å². The topological polar surface area (TPSA) is 77.9 Å². The summed E-state index contributed by atoms with van der Waals surface area (Å²) in [6.07, 6.45) is 3.63. The molecule has 0 unspecified atom stereocenters. The zero-order valence-electron chi connectivity index (χ0n) is 11.9. The van der Waals surface area contributed by atoms with Crippen LogP contribution in [0.4, 0.5) is 0 Å². The number of hydrogen-bond acceptors (Lipinski definition) is 3. The molecule has 0 aromatic carbocycles. The Balaban J connectivity index is 1.83. The van der Waals surface area contributed by atoms with Crippen LogP contribution in [0.25, 0.3) is 0 Å². The molecule has 2 amide bonds. The zero-order valence-corrected chi connectivity index (χ0v) is 11.9. The zero-order chi connectivity index (χ0) is 14.7. The number of nitrogens with zero attached hydrogens (tertiary/aromatic N) is 2. The molecule has 1 aliphatic heterocycles. The summed E-state index contributed by atoms with van der Waals surface area (Å²) in [7, 11) is 1.63. The van der Waals surface area contributed by atoms with E-state index in [4.69, 9.17) is 5.11 Å². The van der Waals surface area contributed by atoms with Gasteiger partial charge in [-0.15, -0.1) is 0 Å². The Morgan fingerprint density at radius 3 is 2.30 bits per heavy atom. The number of carboxylic acid groups (broad SMARTS) is 1. The van der Waals surface area contributed by atoms with Gasteiger partial charge in [0.05, 0.1) is 12.5 Å². The fourth-order valence-corrected chi connectivity index (χ4v) is 3.09. The van der Waals surface area contributed by atoms with E-state index in [0.29, 0.717) is 19.3 Å². The standard InChI is InChI=1S/C14H22N2O4/c1-15(9-12(17)16-6-2-3-7-16)13(18)10-4-5-11(8-10)14(19)20/h10-11H,2-9H2,1H3,(H,19,20)/t10-,11+/m1/s1. The smallest absolute Gasteiger partial charge is 0.306 e. The molecule has 6 heteroatoms. The number of likely N-dealkylation sites (tertiary alicyclic amines) is 1. The molecule has 2 rings (SSSR count). The maximum Gasteiger partial charge on any atom is 0.306 e. The minimum absolute atomic E-state index is 0.00821. The van der Waals surface area contributed by atoms with Crippen LogP contribution in [0.5, 0.6) is 0 Å². The largest absolute Gasteiger partial charge is 0.481 e. The van der Waals surface area contributed by atoms with Crippen molar-refractivity contribution in [1.82, 2.24) is 9.80 Å². The fourth-order valence-electron chi connectivity index (χ4n) is 3.09. The maximum absolute atomic E-state index is 12.2. The van der Waals surface area contributed by atoms with Gasteiger partial charge in [-0.25, -0.2) is 0 Å². The minimum Gasteiger partial charge on any atom is -0.481 e. The van der Waals surface area contributed by atoms with Crippen LogP contribution in [0.1, 0.15) is 32.1 Å². The molecular weight excluding hydrogens is 260 g/mol. The summed E-state index contributed by atoms with van der Waals surface area (Å²) in [6.45, 7) is 1.67. The predicted octanol–water partition coefficient (Wildman–Crippen LogP) is 0.568. The first kappa shape index (κ1) is 14.8. The number of aliphatic carboxylic acids is 1. The summed E-state index contributed by atoms with van der Waals surface area (Å²) >= 11 is 0. The summed E-state index contributed by atoms with van der Waals surface area (Å²) < 4.78 is 0. The molecule has 6 nitrogen and oxygen atoms in total. The molecule has 2 fully saturated rings. The summed E-state index contributed by atoms with van der Waals surface area (Å²) in [5.74, 6) is -1.58. The Kier molecular flexibility index (Phi) is 4.62. The molecule has 0 aromatic heterocycles. The molecular formula is C14H22N2O4. The molecule has 1 N–H and O–H groups in total. The van der Waals surface area contributed by atoms with Gasteiger partial charge in [0.15, 0.2) is 0 Å². The van der Waals surface area contributed by atoms with Gasteiger partial charge in [0, 0.05) is 26.1 Å². The van der Waals surface area contributed by atoms with Crippen molar-refractivity contribution in [1.29, 1.82) is 0 Å². The first-order valence-corrected chi connectivity index (χ1v) is 7.24. The van der Waals surface area contributed by atoms with Crippen molar-refractivity contribution in [3.05, 3.63) is 0 Å². The Bertz CT molecular complexity index is 404. The minimum atomic E-state index is -0.823. The van der Waals surface area contributed by atoms with Gasteiger partial charge >= 0.3 is 5.97 Å². The number of likely N-dealkylation sites (N-methyl/N-ethyl adjacent to an activating group) is 1. The molecule has 0 spiro atoms. The molecule has 1 aliphatic carbocycles. The van der Waals surface area contributed by atoms with Crippen molar-refractivity contribution in [2.24, 2.45) is 11.8 Å². The van der Waals surface area contributed by atoms with Crippen LogP contribution in [-0.4, -0.2) is 59.4 Å². The van der Waals surface area contributed by atoms with E-state index in [0.717, 1.165) is 25.9 Å². The van der Waals surface area contributed by atoms with Crippen LogP contribution >= 0.6 is 0 Å².